The smallest absolute Gasteiger partial charge is 0.271 e. The van der Waals surface area contributed by atoms with E-state index in [2.05, 4.69) is 29.1 Å². The van der Waals surface area contributed by atoms with Gasteiger partial charge >= 0.3 is 0 Å². The van der Waals surface area contributed by atoms with Gasteiger partial charge in [-0.15, -0.1) is 0 Å². The van der Waals surface area contributed by atoms with Crippen molar-refractivity contribution in [2.24, 2.45) is 11.8 Å². The number of nitrogens with zero attached hydrogens (tertiary/aromatic N) is 2. The van der Waals surface area contributed by atoms with Gasteiger partial charge in [-0.05, 0) is 24.7 Å². The molecule has 17 heavy (non-hydrogen) atoms. The number of amides is 1. The molecule has 4 heteroatoms. The highest BCUT2D eigenvalue weighted by molar-refractivity contribution is 5.92. The Balaban J connectivity index is 2.00. The average Bonchev–Trinajstić information content (AvgIpc) is 2.26. The van der Waals surface area contributed by atoms with Gasteiger partial charge in [-0.25, -0.2) is 4.98 Å². The number of carbonyl (C=O) groups is 1. The van der Waals surface area contributed by atoms with Crippen molar-refractivity contribution in [2.75, 3.05) is 0 Å². The molecule has 4 nitrogen and oxygen atoms in total. The van der Waals surface area contributed by atoms with Crippen LogP contribution in [-0.4, -0.2) is 21.9 Å². The number of carbonyl (C=O) groups excluding carboxylic acids is 1. The molecule has 0 spiro atoms. The maximum Gasteiger partial charge on any atom is 0.271 e. The molecule has 0 bridgehead atoms. The monoisotopic (exact) mass is 233 g/mol. The summed E-state index contributed by atoms with van der Waals surface area (Å²) in [6.45, 7) is 4.31. The minimum Gasteiger partial charge on any atom is -0.347 e. The van der Waals surface area contributed by atoms with Gasteiger partial charge in [0.15, 0.2) is 0 Å². The van der Waals surface area contributed by atoms with Crippen LogP contribution in [0.4, 0.5) is 0 Å². The molecular weight excluding hydrogens is 214 g/mol. The van der Waals surface area contributed by atoms with Crippen LogP contribution in [0.2, 0.25) is 0 Å². The Morgan fingerprint density at radius 2 is 2.18 bits per heavy atom. The van der Waals surface area contributed by atoms with Crippen LogP contribution in [0.1, 0.15) is 43.6 Å². The Kier molecular flexibility index (Phi) is 3.71. The molecule has 0 radical (unpaired) electrons. The van der Waals surface area contributed by atoms with Crippen LogP contribution < -0.4 is 5.32 Å². The van der Waals surface area contributed by atoms with E-state index in [9.17, 15) is 4.79 Å². The Morgan fingerprint density at radius 1 is 1.41 bits per heavy atom. The van der Waals surface area contributed by atoms with E-state index in [1.54, 1.807) is 12.4 Å². The summed E-state index contributed by atoms with van der Waals surface area (Å²) in [5.41, 5.74) is 0.400. The summed E-state index contributed by atoms with van der Waals surface area (Å²) in [6, 6.07) is 0.262. The quantitative estimate of drug-likeness (QED) is 0.865. The van der Waals surface area contributed by atoms with Gasteiger partial charge in [0.05, 0.1) is 6.20 Å². The SMILES string of the molecule is CC(C)C(NC(=O)c1cnccn1)C1CCC1. The van der Waals surface area contributed by atoms with E-state index in [-0.39, 0.29) is 11.9 Å². The summed E-state index contributed by atoms with van der Waals surface area (Å²) in [4.78, 5) is 19.9. The second kappa shape index (κ2) is 5.25. The van der Waals surface area contributed by atoms with E-state index < -0.39 is 0 Å². The molecule has 0 aliphatic heterocycles. The predicted octanol–water partition coefficient (Wildman–Crippen LogP) is 2.03. The number of aromatic nitrogens is 2. The third-order valence-electron chi connectivity index (χ3n) is 3.47. The van der Waals surface area contributed by atoms with Gasteiger partial charge in [0.25, 0.3) is 5.91 Å². The number of hydrogen-bond donors (Lipinski definition) is 1. The molecule has 1 saturated carbocycles. The molecule has 2 rings (SSSR count). The fourth-order valence-electron chi connectivity index (χ4n) is 2.27. The van der Waals surface area contributed by atoms with Crippen LogP contribution in [0.25, 0.3) is 0 Å². The third-order valence-corrected chi connectivity index (χ3v) is 3.47. The van der Waals surface area contributed by atoms with Gasteiger partial charge < -0.3 is 5.32 Å². The summed E-state index contributed by atoms with van der Waals surface area (Å²) in [6.07, 6.45) is 8.36. The van der Waals surface area contributed by atoms with Gasteiger partial charge in [0, 0.05) is 18.4 Å². The van der Waals surface area contributed by atoms with Crippen molar-refractivity contribution in [2.45, 2.75) is 39.2 Å². The summed E-state index contributed by atoms with van der Waals surface area (Å²) in [7, 11) is 0. The Bertz CT molecular complexity index is 374. The van der Waals surface area contributed by atoms with Crippen molar-refractivity contribution in [3.8, 4) is 0 Å². The topological polar surface area (TPSA) is 54.9 Å². The second-order valence-corrected chi connectivity index (χ2v) is 5.02. The van der Waals surface area contributed by atoms with Gasteiger partial charge in [-0.1, -0.05) is 20.3 Å². The maximum atomic E-state index is 12.0. The van der Waals surface area contributed by atoms with Gasteiger partial charge in [-0.2, -0.15) is 0 Å². The molecule has 1 atom stereocenters. The molecule has 1 heterocycles. The predicted molar refractivity (Wildman–Crippen MR) is 65.5 cm³/mol. The molecule has 1 unspecified atom stereocenters. The molecule has 1 aliphatic rings. The fraction of sp³-hybridized carbons (Fsp3) is 0.615. The Labute approximate surface area is 102 Å². The lowest BCUT2D eigenvalue weighted by atomic mass is 9.76. The molecule has 1 amide bonds. The van der Waals surface area contributed by atoms with E-state index in [1.807, 2.05) is 0 Å². The first kappa shape index (κ1) is 12.0. The summed E-state index contributed by atoms with van der Waals surface area (Å²) in [5.74, 6) is 0.986. The van der Waals surface area contributed by atoms with Crippen molar-refractivity contribution in [3.63, 3.8) is 0 Å². The van der Waals surface area contributed by atoms with E-state index in [4.69, 9.17) is 0 Å². The molecule has 1 fully saturated rings. The Hall–Kier alpha value is -1.45. The molecule has 0 aromatic carbocycles. The van der Waals surface area contributed by atoms with E-state index in [1.165, 1.54) is 25.5 Å². The molecule has 1 N–H and O–H groups in total. The minimum atomic E-state index is -0.108. The molecule has 1 aliphatic carbocycles. The molecular formula is C13H19N3O. The molecule has 92 valence electrons. The van der Waals surface area contributed by atoms with E-state index >= 15 is 0 Å². The highest BCUT2D eigenvalue weighted by Gasteiger charge is 2.30. The lowest BCUT2D eigenvalue weighted by Gasteiger charge is -2.36. The van der Waals surface area contributed by atoms with Crippen LogP contribution in [0.5, 0.6) is 0 Å². The highest BCUT2D eigenvalue weighted by Crippen LogP contribution is 2.32. The molecule has 1 aromatic rings. The first-order valence-electron chi connectivity index (χ1n) is 6.25. The summed E-state index contributed by atoms with van der Waals surface area (Å²) >= 11 is 0. The first-order chi connectivity index (χ1) is 8.18. The van der Waals surface area contributed by atoms with Crippen molar-refractivity contribution in [1.29, 1.82) is 0 Å². The molecule has 0 saturated heterocycles. The van der Waals surface area contributed by atoms with Gasteiger partial charge in [0.1, 0.15) is 5.69 Å². The standard InChI is InChI=1S/C13H19N3O/c1-9(2)12(10-4-3-5-10)16-13(17)11-8-14-6-7-15-11/h6-10,12H,3-5H2,1-2H3,(H,16,17). The van der Waals surface area contributed by atoms with Crippen molar-refractivity contribution in [3.05, 3.63) is 24.3 Å². The van der Waals surface area contributed by atoms with Crippen LogP contribution in [0, 0.1) is 11.8 Å². The van der Waals surface area contributed by atoms with Crippen molar-refractivity contribution in [1.82, 2.24) is 15.3 Å². The number of rotatable bonds is 4. The number of nitrogens with one attached hydrogen (secondary N) is 1. The average molecular weight is 233 g/mol. The van der Waals surface area contributed by atoms with Crippen LogP contribution in [0.15, 0.2) is 18.6 Å². The second-order valence-electron chi connectivity index (χ2n) is 5.02. The van der Waals surface area contributed by atoms with Gasteiger partial charge in [-0.3, -0.25) is 9.78 Å². The normalized spacial score (nSPS) is 17.6. The number of hydrogen-bond acceptors (Lipinski definition) is 3. The first-order valence-corrected chi connectivity index (χ1v) is 6.25. The third kappa shape index (κ3) is 2.81. The largest absolute Gasteiger partial charge is 0.347 e. The zero-order valence-corrected chi connectivity index (χ0v) is 10.4. The zero-order chi connectivity index (χ0) is 12.3. The lowest BCUT2D eigenvalue weighted by Crippen LogP contribution is -2.46. The van der Waals surface area contributed by atoms with Crippen LogP contribution in [0.3, 0.4) is 0 Å². The van der Waals surface area contributed by atoms with Crippen molar-refractivity contribution < 1.29 is 4.79 Å². The van der Waals surface area contributed by atoms with Gasteiger partial charge in [0.2, 0.25) is 0 Å². The van der Waals surface area contributed by atoms with E-state index in [0.29, 0.717) is 17.5 Å². The van der Waals surface area contributed by atoms with Crippen LogP contribution >= 0.6 is 0 Å². The maximum absolute atomic E-state index is 12.0. The lowest BCUT2D eigenvalue weighted by molar-refractivity contribution is 0.0866. The van der Waals surface area contributed by atoms with Crippen molar-refractivity contribution >= 4 is 5.91 Å². The minimum absolute atomic E-state index is 0.108. The van der Waals surface area contributed by atoms with E-state index in [0.717, 1.165) is 0 Å². The van der Waals surface area contributed by atoms with Crippen LogP contribution in [-0.2, 0) is 0 Å². The Morgan fingerprint density at radius 3 is 2.65 bits per heavy atom. The molecule has 1 aromatic heterocycles. The zero-order valence-electron chi connectivity index (χ0n) is 10.4. The summed E-state index contributed by atoms with van der Waals surface area (Å²) < 4.78 is 0. The highest BCUT2D eigenvalue weighted by atomic mass is 16.1. The fourth-order valence-corrected chi connectivity index (χ4v) is 2.27. The summed E-state index contributed by atoms with van der Waals surface area (Å²) in [5, 5.41) is 3.09.